The molecule has 0 spiro atoms. The van der Waals surface area contributed by atoms with Crippen molar-refractivity contribution in [2.75, 3.05) is 41.0 Å². The van der Waals surface area contributed by atoms with Crippen molar-refractivity contribution in [1.82, 2.24) is 14.3 Å². The minimum Gasteiger partial charge on any atom is -0.504 e. The maximum Gasteiger partial charge on any atom is 0.246 e. The third kappa shape index (κ3) is 4.90. The van der Waals surface area contributed by atoms with Gasteiger partial charge in [-0.3, -0.25) is 0 Å². The van der Waals surface area contributed by atoms with E-state index in [4.69, 9.17) is 9.40 Å². The molecule has 2 aromatic heterocycles. The van der Waals surface area contributed by atoms with Gasteiger partial charge in [0.05, 0.1) is 18.4 Å². The van der Waals surface area contributed by atoms with Crippen LogP contribution in [0.4, 0.5) is 29.0 Å². The number of anilines is 5. The van der Waals surface area contributed by atoms with Gasteiger partial charge >= 0.3 is 0 Å². The molecule has 12 heteroatoms. The van der Waals surface area contributed by atoms with Crippen LogP contribution < -0.4 is 21.3 Å². The first kappa shape index (κ1) is 25.2. The van der Waals surface area contributed by atoms with Gasteiger partial charge in [0, 0.05) is 13.1 Å². The van der Waals surface area contributed by atoms with Crippen molar-refractivity contribution < 1.29 is 17.9 Å². The highest BCUT2D eigenvalue weighted by Gasteiger charge is 2.33. The van der Waals surface area contributed by atoms with Crippen LogP contribution in [0.1, 0.15) is 51.2 Å². The van der Waals surface area contributed by atoms with Crippen LogP contribution in [0.25, 0.3) is 0 Å². The number of hydrogen-bond acceptors (Lipinski definition) is 10. The summed E-state index contributed by atoms with van der Waals surface area (Å²) in [7, 11) is -3.82. The Hall–Kier alpha value is -3.51. The van der Waals surface area contributed by atoms with Crippen LogP contribution in [0.2, 0.25) is 0 Å². The summed E-state index contributed by atoms with van der Waals surface area (Å²) in [5.41, 5.74) is -0.0375. The quantitative estimate of drug-likeness (QED) is 0.276. The van der Waals surface area contributed by atoms with Crippen LogP contribution in [0.15, 0.2) is 39.6 Å². The molecule has 0 aliphatic carbocycles. The molecule has 1 atom stereocenters. The van der Waals surface area contributed by atoms with Crippen molar-refractivity contribution in [3.05, 3.63) is 41.9 Å². The Labute approximate surface area is 216 Å². The predicted octanol–water partition coefficient (Wildman–Crippen LogP) is 4.61. The number of phenols is 1. The van der Waals surface area contributed by atoms with E-state index in [1.54, 1.807) is 12.1 Å². The van der Waals surface area contributed by atoms with Crippen molar-refractivity contribution in [2.24, 2.45) is 5.41 Å². The largest absolute Gasteiger partial charge is 0.504 e. The Morgan fingerprint density at radius 1 is 1.05 bits per heavy atom. The molecule has 0 bridgehead atoms. The second-order valence-corrected chi connectivity index (χ2v) is 12.3. The van der Waals surface area contributed by atoms with E-state index >= 15 is 0 Å². The van der Waals surface area contributed by atoms with Crippen LogP contribution in [-0.2, 0) is 10.0 Å². The molecule has 4 heterocycles. The van der Waals surface area contributed by atoms with Gasteiger partial charge in [-0.2, -0.15) is 4.31 Å². The van der Waals surface area contributed by atoms with Gasteiger partial charge in [0.2, 0.25) is 10.0 Å². The predicted molar refractivity (Wildman–Crippen MR) is 143 cm³/mol. The number of hydrogen-bond donors (Lipinski definition) is 5. The van der Waals surface area contributed by atoms with Crippen molar-refractivity contribution >= 4 is 39.0 Å². The standard InChI is InChI=1S/C25H33N7O4S/c1-15-10-11-17(36-15)20(25(2,3)4)29-24-23(30-21-22(31-24)27-14-26-21)28-16-8-7-9-18(19(16)33)37(34,35)32-12-5-6-13-32/h7-11,20,33H,5-6,12-14H2,1-4H3,(H2,26,28,30)(H2,27,29,31)/t20-/m0/s1. The lowest BCUT2D eigenvalue weighted by Gasteiger charge is -2.31. The molecule has 11 nitrogen and oxygen atoms in total. The number of aromatic hydroxyl groups is 1. The zero-order chi connectivity index (χ0) is 26.4. The number of phenolic OH excluding ortho intramolecular Hbond substituents is 1. The van der Waals surface area contributed by atoms with E-state index in [0.717, 1.165) is 24.4 Å². The Kier molecular flexibility index (Phi) is 6.40. The monoisotopic (exact) mass is 527 g/mol. The third-order valence-electron chi connectivity index (χ3n) is 6.54. The number of nitrogens with zero attached hydrogens (tertiary/aromatic N) is 3. The van der Waals surface area contributed by atoms with Crippen LogP contribution in [-0.4, -0.2) is 47.6 Å². The summed E-state index contributed by atoms with van der Waals surface area (Å²) >= 11 is 0. The molecule has 1 saturated heterocycles. The van der Waals surface area contributed by atoms with Crippen molar-refractivity contribution in [1.29, 1.82) is 0 Å². The fourth-order valence-electron chi connectivity index (χ4n) is 4.57. The zero-order valence-corrected chi connectivity index (χ0v) is 22.2. The number of sulfonamides is 1. The van der Waals surface area contributed by atoms with Gasteiger partial charge in [-0.25, -0.2) is 18.4 Å². The first-order valence-electron chi connectivity index (χ1n) is 12.4. The molecule has 1 aromatic carbocycles. The van der Waals surface area contributed by atoms with E-state index in [-0.39, 0.29) is 27.8 Å². The van der Waals surface area contributed by atoms with E-state index in [1.165, 1.54) is 10.4 Å². The Morgan fingerprint density at radius 2 is 1.73 bits per heavy atom. The summed E-state index contributed by atoms with van der Waals surface area (Å²) in [6, 6.07) is 8.23. The summed E-state index contributed by atoms with van der Waals surface area (Å²) in [6.07, 6.45) is 1.62. The number of furan rings is 1. The second kappa shape index (κ2) is 9.42. The molecule has 198 valence electrons. The van der Waals surface area contributed by atoms with Gasteiger partial charge in [0.25, 0.3) is 0 Å². The topological polar surface area (TPSA) is 145 Å². The fourth-order valence-corrected chi connectivity index (χ4v) is 6.19. The van der Waals surface area contributed by atoms with E-state index in [1.807, 2.05) is 19.1 Å². The molecule has 0 radical (unpaired) electrons. The normalized spacial score (nSPS) is 16.6. The SMILES string of the molecule is Cc1ccc([C@H](Nc2nc3c(nc2Nc2cccc(S(=O)(=O)N4CCCC4)c2O)NCN3)C(C)(C)C)o1. The Balaban J connectivity index is 1.53. The maximum atomic E-state index is 13.2. The van der Waals surface area contributed by atoms with Crippen molar-refractivity contribution in [3.8, 4) is 5.75 Å². The molecule has 1 fully saturated rings. The first-order valence-corrected chi connectivity index (χ1v) is 13.8. The number of fused-ring (bicyclic) bond motifs is 1. The van der Waals surface area contributed by atoms with Crippen LogP contribution >= 0.6 is 0 Å². The van der Waals surface area contributed by atoms with Crippen molar-refractivity contribution in [3.63, 3.8) is 0 Å². The highest BCUT2D eigenvalue weighted by atomic mass is 32.2. The maximum absolute atomic E-state index is 13.2. The fraction of sp³-hybridized carbons (Fsp3) is 0.440. The first-order chi connectivity index (χ1) is 17.5. The lowest BCUT2D eigenvalue weighted by Crippen LogP contribution is -2.28. The summed E-state index contributed by atoms with van der Waals surface area (Å²) in [5.74, 6) is 3.10. The van der Waals surface area contributed by atoms with E-state index in [2.05, 4.69) is 47.0 Å². The number of aromatic nitrogens is 2. The number of aryl methyl sites for hydroxylation is 1. The molecule has 5 N–H and O–H groups in total. The molecule has 2 aliphatic rings. The van der Waals surface area contributed by atoms with Gasteiger partial charge in [0.1, 0.15) is 16.4 Å². The number of para-hydroxylation sites is 1. The minimum absolute atomic E-state index is 0.138. The summed E-state index contributed by atoms with van der Waals surface area (Å²) in [4.78, 5) is 9.28. The average Bonchev–Trinajstić information content (AvgIpc) is 3.60. The second-order valence-electron chi connectivity index (χ2n) is 10.4. The van der Waals surface area contributed by atoms with Gasteiger partial charge < -0.3 is 30.8 Å². The lowest BCUT2D eigenvalue weighted by molar-refractivity contribution is 0.300. The van der Waals surface area contributed by atoms with E-state index in [0.29, 0.717) is 43.0 Å². The number of nitrogens with one attached hydrogen (secondary N) is 4. The molecular weight excluding hydrogens is 494 g/mol. The molecular formula is C25H33N7O4S. The van der Waals surface area contributed by atoms with Crippen molar-refractivity contribution in [2.45, 2.75) is 51.5 Å². The average molecular weight is 528 g/mol. The molecule has 0 saturated carbocycles. The van der Waals surface area contributed by atoms with Gasteiger partial charge in [0.15, 0.2) is 29.0 Å². The van der Waals surface area contributed by atoms with Crippen LogP contribution in [0.3, 0.4) is 0 Å². The van der Waals surface area contributed by atoms with Gasteiger partial charge in [-0.15, -0.1) is 0 Å². The van der Waals surface area contributed by atoms with Gasteiger partial charge in [-0.05, 0) is 49.4 Å². The molecule has 0 amide bonds. The van der Waals surface area contributed by atoms with E-state index < -0.39 is 10.0 Å². The van der Waals surface area contributed by atoms with Crippen LogP contribution in [0, 0.1) is 12.3 Å². The zero-order valence-electron chi connectivity index (χ0n) is 21.4. The Bertz CT molecular complexity index is 1410. The molecule has 0 unspecified atom stereocenters. The molecule has 37 heavy (non-hydrogen) atoms. The highest BCUT2D eigenvalue weighted by molar-refractivity contribution is 7.89. The lowest BCUT2D eigenvalue weighted by atomic mass is 9.85. The number of benzene rings is 1. The highest BCUT2D eigenvalue weighted by Crippen LogP contribution is 2.41. The van der Waals surface area contributed by atoms with E-state index in [9.17, 15) is 13.5 Å². The molecule has 3 aromatic rings. The van der Waals surface area contributed by atoms with Gasteiger partial charge in [-0.1, -0.05) is 26.8 Å². The Morgan fingerprint density at radius 3 is 2.35 bits per heavy atom. The summed E-state index contributed by atoms with van der Waals surface area (Å²) in [5, 5.41) is 23.9. The number of rotatable bonds is 7. The molecule has 5 rings (SSSR count). The van der Waals surface area contributed by atoms with Crippen LogP contribution in [0.5, 0.6) is 5.75 Å². The third-order valence-corrected chi connectivity index (χ3v) is 8.47. The summed E-state index contributed by atoms with van der Waals surface area (Å²) < 4.78 is 33.7. The molecule has 2 aliphatic heterocycles. The minimum atomic E-state index is -3.82. The smallest absolute Gasteiger partial charge is 0.246 e. The summed E-state index contributed by atoms with van der Waals surface area (Å²) in [6.45, 7) is 9.55.